The van der Waals surface area contributed by atoms with Crippen LogP contribution in [0.4, 0.5) is 0 Å². The maximum atomic E-state index is 14.4. The second-order valence-electron chi connectivity index (χ2n) is 11.3. The zero-order valence-electron chi connectivity index (χ0n) is 24.5. The third-order valence-electron chi connectivity index (χ3n) is 8.30. The van der Waals surface area contributed by atoms with Crippen LogP contribution in [0.1, 0.15) is 45.2 Å². The second-order valence-corrected chi connectivity index (χ2v) is 12.1. The minimum absolute atomic E-state index is 0.0752. The van der Waals surface area contributed by atoms with Crippen LogP contribution in [0.5, 0.6) is 0 Å². The maximum Gasteiger partial charge on any atom is 0.263 e. The van der Waals surface area contributed by atoms with Gasteiger partial charge in [0.25, 0.3) is 11.5 Å². The van der Waals surface area contributed by atoms with Crippen molar-refractivity contribution in [2.45, 2.75) is 39.3 Å². The summed E-state index contributed by atoms with van der Waals surface area (Å²) >= 11 is 3.53. The van der Waals surface area contributed by atoms with Crippen molar-refractivity contribution in [1.82, 2.24) is 38.8 Å². The van der Waals surface area contributed by atoms with Gasteiger partial charge in [0.15, 0.2) is 5.82 Å². The molecule has 0 N–H and O–H groups in total. The number of nitrogens with zero attached hydrogens (tertiary/aromatic N) is 8. The van der Waals surface area contributed by atoms with Crippen LogP contribution in [0, 0.1) is 6.92 Å². The van der Waals surface area contributed by atoms with Crippen molar-refractivity contribution in [2.75, 3.05) is 0 Å². The van der Waals surface area contributed by atoms with E-state index in [0.29, 0.717) is 41.3 Å². The topological polar surface area (TPSA) is 103 Å². The van der Waals surface area contributed by atoms with E-state index in [1.165, 1.54) is 0 Å². The normalized spacial score (nSPS) is 14.6. The van der Waals surface area contributed by atoms with Crippen LogP contribution in [-0.2, 0) is 26.4 Å². The van der Waals surface area contributed by atoms with Gasteiger partial charge in [-0.25, -0.2) is 14.1 Å². The highest BCUT2D eigenvalue weighted by Gasteiger charge is 2.33. The van der Waals surface area contributed by atoms with Crippen LogP contribution in [0.2, 0.25) is 0 Å². The third kappa shape index (κ3) is 4.73. The number of carbonyl (C=O) groups excluding carboxylic acids is 1. The lowest BCUT2D eigenvalue weighted by Crippen LogP contribution is -2.46. The summed E-state index contributed by atoms with van der Waals surface area (Å²) in [4.78, 5) is 34.7. The molecule has 5 heterocycles. The van der Waals surface area contributed by atoms with Gasteiger partial charge in [0, 0.05) is 52.4 Å². The van der Waals surface area contributed by atoms with Gasteiger partial charge in [-0.05, 0) is 61.7 Å². The Morgan fingerprint density at radius 2 is 1.89 bits per heavy atom. The molecule has 1 amide bonds. The minimum Gasteiger partial charge on any atom is -0.330 e. The predicted molar refractivity (Wildman–Crippen MR) is 170 cm³/mol. The average Bonchev–Trinajstić information content (AvgIpc) is 3.65. The number of pyridine rings is 1. The zero-order valence-corrected chi connectivity index (χ0v) is 26.1. The summed E-state index contributed by atoms with van der Waals surface area (Å²) in [6.45, 7) is 4.22. The number of halogens is 1. The molecule has 0 saturated carbocycles. The molecule has 4 aromatic heterocycles. The van der Waals surface area contributed by atoms with E-state index in [9.17, 15) is 9.59 Å². The van der Waals surface area contributed by atoms with Crippen LogP contribution < -0.4 is 5.56 Å². The molecule has 44 heavy (non-hydrogen) atoms. The van der Waals surface area contributed by atoms with E-state index in [4.69, 9.17) is 10.1 Å². The molecule has 0 aliphatic carbocycles. The molecule has 0 radical (unpaired) electrons. The maximum absolute atomic E-state index is 14.4. The van der Waals surface area contributed by atoms with E-state index in [-0.39, 0.29) is 24.1 Å². The Morgan fingerprint density at radius 1 is 1.07 bits per heavy atom. The van der Waals surface area contributed by atoms with Gasteiger partial charge in [0.2, 0.25) is 0 Å². The lowest BCUT2D eigenvalue weighted by atomic mass is 9.98. The van der Waals surface area contributed by atoms with Crippen molar-refractivity contribution >= 4 is 27.5 Å². The zero-order chi connectivity index (χ0) is 30.5. The lowest BCUT2D eigenvalue weighted by Gasteiger charge is -2.35. The molecule has 10 nitrogen and oxygen atoms in total. The van der Waals surface area contributed by atoms with E-state index >= 15 is 0 Å². The summed E-state index contributed by atoms with van der Waals surface area (Å²) in [5.74, 6) is 1.09. The van der Waals surface area contributed by atoms with Crippen LogP contribution in [-0.4, -0.2) is 50.8 Å². The summed E-state index contributed by atoms with van der Waals surface area (Å²) < 4.78 is 6.26. The van der Waals surface area contributed by atoms with Gasteiger partial charge in [-0.15, -0.1) is 10.2 Å². The van der Waals surface area contributed by atoms with Crippen molar-refractivity contribution in [1.29, 1.82) is 0 Å². The van der Waals surface area contributed by atoms with Crippen molar-refractivity contribution in [2.24, 2.45) is 7.05 Å². The molecule has 7 rings (SSSR count). The Morgan fingerprint density at radius 3 is 2.59 bits per heavy atom. The van der Waals surface area contributed by atoms with Gasteiger partial charge in [0.1, 0.15) is 17.8 Å². The quantitative estimate of drug-likeness (QED) is 0.263. The predicted octanol–water partition coefficient (Wildman–Crippen LogP) is 4.92. The lowest BCUT2D eigenvalue weighted by molar-refractivity contribution is 0.0651. The molecule has 0 spiro atoms. The number of hydrogen-bond acceptors (Lipinski definition) is 6. The van der Waals surface area contributed by atoms with Crippen molar-refractivity contribution in [3.05, 3.63) is 128 Å². The number of aryl methyl sites for hydroxylation is 2. The number of aromatic nitrogens is 7. The summed E-state index contributed by atoms with van der Waals surface area (Å²) in [6, 6.07) is 19.2. The van der Waals surface area contributed by atoms with E-state index in [1.807, 2.05) is 89.6 Å². The molecule has 0 fully saturated rings. The fourth-order valence-electron chi connectivity index (χ4n) is 5.95. The number of rotatable bonds is 5. The second kappa shape index (κ2) is 11.0. The molecule has 1 atom stereocenters. The standard InChI is InChI=1S/C33H29BrN8O2/c1-20-13-23(9-11-27(20)34)32(43)40-18-28-26(14-21(40)2)33(44)41(29-12-10-24(16-35-29)30-38-36-19-39(30)3)31-25(17-37-42(28)31)15-22-7-5-4-6-8-22/h4-13,16-17,19,21H,14-15,18H2,1-3H3. The smallest absolute Gasteiger partial charge is 0.263 e. The van der Waals surface area contributed by atoms with Crippen molar-refractivity contribution < 1.29 is 4.79 Å². The Hall–Kier alpha value is -4.90. The Bertz CT molecular complexity index is 2100. The monoisotopic (exact) mass is 648 g/mol. The first-order chi connectivity index (χ1) is 21.3. The molecule has 6 aromatic rings. The fraction of sp³-hybridized carbons (Fsp3) is 0.212. The van der Waals surface area contributed by atoms with E-state index < -0.39 is 0 Å². The molecule has 0 saturated heterocycles. The van der Waals surface area contributed by atoms with E-state index in [1.54, 1.807) is 17.1 Å². The summed E-state index contributed by atoms with van der Waals surface area (Å²) in [6.07, 6.45) is 6.13. The number of fused-ring (bicyclic) bond motifs is 3. The largest absolute Gasteiger partial charge is 0.330 e. The molecule has 11 heteroatoms. The molecule has 1 unspecified atom stereocenters. The average molecular weight is 650 g/mol. The Labute approximate surface area is 261 Å². The number of benzene rings is 2. The first-order valence-electron chi connectivity index (χ1n) is 14.4. The number of hydrogen-bond donors (Lipinski definition) is 0. The van der Waals surface area contributed by atoms with Gasteiger partial charge in [-0.3, -0.25) is 9.59 Å². The number of amides is 1. The van der Waals surface area contributed by atoms with Crippen molar-refractivity contribution in [3.63, 3.8) is 0 Å². The first-order valence-corrected chi connectivity index (χ1v) is 15.1. The van der Waals surface area contributed by atoms with Gasteiger partial charge in [0.05, 0.1) is 18.4 Å². The fourth-order valence-corrected chi connectivity index (χ4v) is 6.19. The summed E-state index contributed by atoms with van der Waals surface area (Å²) in [7, 11) is 1.87. The van der Waals surface area contributed by atoms with Crippen LogP contribution >= 0.6 is 15.9 Å². The van der Waals surface area contributed by atoms with Crippen LogP contribution in [0.3, 0.4) is 0 Å². The van der Waals surface area contributed by atoms with Gasteiger partial charge in [-0.2, -0.15) is 5.10 Å². The number of carbonyl (C=O) groups is 1. The summed E-state index contributed by atoms with van der Waals surface area (Å²) in [5, 5.41) is 13.0. The first kappa shape index (κ1) is 27.9. The highest BCUT2D eigenvalue weighted by Crippen LogP contribution is 2.28. The van der Waals surface area contributed by atoms with E-state index in [2.05, 4.69) is 38.3 Å². The summed E-state index contributed by atoms with van der Waals surface area (Å²) in [5.41, 5.74) is 6.21. The Balaban J connectivity index is 1.37. The SMILES string of the molecule is Cc1cc(C(=O)N2Cc3c(c(=O)n(-c4ccc(-c5nncn5C)cn4)c4c(Cc5ccccc5)cnn34)CC2C)ccc1Br. The van der Waals surface area contributed by atoms with E-state index in [0.717, 1.165) is 32.4 Å². The highest BCUT2D eigenvalue weighted by atomic mass is 79.9. The minimum atomic E-state index is -0.192. The molecule has 0 bridgehead atoms. The molecule has 1 aliphatic heterocycles. The van der Waals surface area contributed by atoms with Gasteiger partial charge < -0.3 is 9.47 Å². The van der Waals surface area contributed by atoms with Crippen LogP contribution in [0.25, 0.3) is 22.9 Å². The Kier molecular flexibility index (Phi) is 6.97. The molecule has 2 aromatic carbocycles. The van der Waals surface area contributed by atoms with Crippen molar-refractivity contribution in [3.8, 4) is 17.2 Å². The molecular weight excluding hydrogens is 620 g/mol. The van der Waals surface area contributed by atoms with Crippen LogP contribution in [0.15, 0.2) is 88.7 Å². The molecule has 220 valence electrons. The van der Waals surface area contributed by atoms with Gasteiger partial charge >= 0.3 is 0 Å². The molecule has 1 aliphatic rings. The highest BCUT2D eigenvalue weighted by molar-refractivity contribution is 9.10. The molecular formula is C33H29BrN8O2. The van der Waals surface area contributed by atoms with Gasteiger partial charge in [-0.1, -0.05) is 46.3 Å². The third-order valence-corrected chi connectivity index (χ3v) is 9.19.